The molecule has 1 amide bonds. The van der Waals surface area contributed by atoms with Gasteiger partial charge in [-0.2, -0.15) is 5.10 Å². The van der Waals surface area contributed by atoms with Crippen LogP contribution in [0.1, 0.15) is 21.5 Å². The van der Waals surface area contributed by atoms with Crippen molar-refractivity contribution in [1.82, 2.24) is 5.32 Å². The van der Waals surface area contributed by atoms with E-state index < -0.39 is 15.9 Å². The molecule has 31 heavy (non-hydrogen) atoms. The van der Waals surface area contributed by atoms with E-state index in [0.29, 0.717) is 11.3 Å². The number of alkyl halides is 3. The van der Waals surface area contributed by atoms with Gasteiger partial charge in [-0.25, -0.2) is 0 Å². The molecule has 3 aromatic rings. The van der Waals surface area contributed by atoms with E-state index in [2.05, 4.69) is 15.8 Å². The van der Waals surface area contributed by atoms with E-state index in [1.165, 1.54) is 0 Å². The Hall–Kier alpha value is -2.73. The lowest BCUT2D eigenvalue weighted by Gasteiger charge is -2.26. The average Bonchev–Trinajstić information content (AvgIpc) is 2.74. The van der Waals surface area contributed by atoms with Crippen molar-refractivity contribution in [2.24, 2.45) is 5.10 Å². The van der Waals surface area contributed by atoms with Crippen molar-refractivity contribution in [3.05, 3.63) is 95.6 Å². The van der Waals surface area contributed by atoms with Crippen LogP contribution in [0.5, 0.6) is 5.75 Å². The predicted molar refractivity (Wildman–Crippen MR) is 127 cm³/mol. The number of hydrogen-bond acceptors (Lipinski definition) is 4. The molecule has 0 radical (unpaired) electrons. The first-order valence-electron chi connectivity index (χ1n) is 9.36. The number of aryl methyl sites for hydroxylation is 1. The standard InChI is InChI=1S/C23H20Cl3N3O2/c1-16-6-5-7-18(14-16)21(30)28-22(23(24,25)26)31-20-12-10-17(11-13-20)15-27-29-19-8-3-2-4-9-19/h2-15,22,29H,1H3,(H,28,30)/b27-15+. The van der Waals surface area contributed by atoms with Gasteiger partial charge >= 0.3 is 0 Å². The molecule has 2 N–H and O–H groups in total. The second-order valence-corrected chi connectivity index (χ2v) is 9.06. The molecule has 0 aliphatic heterocycles. The Morgan fingerprint density at radius 3 is 2.35 bits per heavy atom. The molecule has 1 unspecified atom stereocenters. The molecule has 0 heterocycles. The van der Waals surface area contributed by atoms with Crippen LogP contribution in [0.15, 0.2) is 84.0 Å². The van der Waals surface area contributed by atoms with E-state index in [-0.39, 0.29) is 0 Å². The van der Waals surface area contributed by atoms with Crippen LogP contribution in [0.4, 0.5) is 5.69 Å². The van der Waals surface area contributed by atoms with Crippen LogP contribution >= 0.6 is 34.8 Å². The summed E-state index contributed by atoms with van der Waals surface area (Å²) in [6.07, 6.45) is 0.479. The largest absolute Gasteiger partial charge is 0.466 e. The second-order valence-electron chi connectivity index (χ2n) is 6.69. The van der Waals surface area contributed by atoms with Gasteiger partial charge in [-0.15, -0.1) is 0 Å². The first-order valence-corrected chi connectivity index (χ1v) is 10.5. The summed E-state index contributed by atoms with van der Waals surface area (Å²) in [6.45, 7) is 1.89. The van der Waals surface area contributed by atoms with Crippen molar-refractivity contribution in [2.75, 3.05) is 5.43 Å². The molecule has 0 spiro atoms. The number of hydrogen-bond donors (Lipinski definition) is 2. The zero-order chi connectivity index (χ0) is 22.3. The fourth-order valence-electron chi connectivity index (χ4n) is 2.63. The van der Waals surface area contributed by atoms with Crippen molar-refractivity contribution < 1.29 is 9.53 Å². The fraction of sp³-hybridized carbons (Fsp3) is 0.130. The van der Waals surface area contributed by atoms with Crippen molar-refractivity contribution in [3.8, 4) is 5.75 Å². The Morgan fingerprint density at radius 2 is 1.71 bits per heavy atom. The lowest BCUT2D eigenvalue weighted by Crippen LogP contribution is -2.47. The highest BCUT2D eigenvalue weighted by atomic mass is 35.6. The number of nitrogens with zero attached hydrogens (tertiary/aromatic N) is 1. The number of para-hydroxylation sites is 1. The van der Waals surface area contributed by atoms with Gasteiger partial charge in [0.2, 0.25) is 10.0 Å². The maximum atomic E-state index is 12.5. The quantitative estimate of drug-likeness (QED) is 0.192. The minimum atomic E-state index is -1.88. The Morgan fingerprint density at radius 1 is 1.00 bits per heavy atom. The van der Waals surface area contributed by atoms with Gasteiger partial charge in [-0.1, -0.05) is 70.7 Å². The number of rotatable bonds is 7. The van der Waals surface area contributed by atoms with Gasteiger partial charge in [-0.05, 0) is 61.0 Å². The highest BCUT2D eigenvalue weighted by Crippen LogP contribution is 2.32. The maximum absolute atomic E-state index is 12.5. The summed E-state index contributed by atoms with van der Waals surface area (Å²) in [4.78, 5) is 12.5. The smallest absolute Gasteiger partial charge is 0.254 e. The molecule has 0 bridgehead atoms. The number of hydrazone groups is 1. The first-order chi connectivity index (χ1) is 14.8. The minimum Gasteiger partial charge on any atom is -0.466 e. The molecule has 0 aromatic heterocycles. The van der Waals surface area contributed by atoms with Gasteiger partial charge in [0.15, 0.2) is 0 Å². The van der Waals surface area contributed by atoms with Crippen LogP contribution < -0.4 is 15.5 Å². The summed E-state index contributed by atoms with van der Waals surface area (Å²) in [5.41, 5.74) is 6.05. The maximum Gasteiger partial charge on any atom is 0.254 e. The zero-order valence-electron chi connectivity index (χ0n) is 16.6. The van der Waals surface area contributed by atoms with E-state index in [0.717, 1.165) is 16.8 Å². The van der Waals surface area contributed by atoms with E-state index in [1.807, 2.05) is 43.3 Å². The third kappa shape index (κ3) is 7.17. The van der Waals surface area contributed by atoms with Crippen LogP contribution in [-0.2, 0) is 0 Å². The molecule has 0 saturated carbocycles. The second kappa shape index (κ2) is 10.5. The molecule has 160 valence electrons. The number of benzene rings is 3. The van der Waals surface area contributed by atoms with Crippen molar-refractivity contribution >= 4 is 52.6 Å². The molecule has 0 aliphatic rings. The molecule has 3 rings (SSSR count). The predicted octanol–water partition coefficient (Wildman–Crippen LogP) is 5.95. The van der Waals surface area contributed by atoms with E-state index in [4.69, 9.17) is 39.5 Å². The molecule has 5 nitrogen and oxygen atoms in total. The zero-order valence-corrected chi connectivity index (χ0v) is 18.8. The molecular formula is C23H20Cl3N3O2. The molecule has 8 heteroatoms. The number of amides is 1. The summed E-state index contributed by atoms with van der Waals surface area (Å²) in [6, 6.07) is 23.7. The normalized spacial score (nSPS) is 12.4. The summed E-state index contributed by atoms with van der Waals surface area (Å²) in [5.74, 6) is 0.0183. The van der Waals surface area contributed by atoms with Gasteiger partial charge < -0.3 is 10.1 Å². The average molecular weight is 477 g/mol. The lowest BCUT2D eigenvalue weighted by atomic mass is 10.1. The van der Waals surface area contributed by atoms with E-state index in [1.54, 1.807) is 48.7 Å². The molecule has 0 saturated heterocycles. The highest BCUT2D eigenvalue weighted by Gasteiger charge is 2.36. The number of anilines is 1. The number of nitrogens with one attached hydrogen (secondary N) is 2. The molecule has 0 fully saturated rings. The topological polar surface area (TPSA) is 62.7 Å². The Labute approximate surface area is 196 Å². The number of carbonyl (C=O) groups is 1. The van der Waals surface area contributed by atoms with Gasteiger partial charge in [0.25, 0.3) is 5.91 Å². The molecule has 3 aromatic carbocycles. The number of carbonyl (C=O) groups excluding carboxylic acids is 1. The van der Waals surface area contributed by atoms with Crippen LogP contribution in [0.3, 0.4) is 0 Å². The minimum absolute atomic E-state index is 0.407. The SMILES string of the molecule is Cc1cccc(C(=O)NC(Oc2ccc(/C=N/Nc3ccccc3)cc2)C(Cl)(Cl)Cl)c1. The molecule has 0 aliphatic carbocycles. The third-order valence-corrected chi connectivity index (χ3v) is 4.75. The highest BCUT2D eigenvalue weighted by molar-refractivity contribution is 6.68. The third-order valence-electron chi connectivity index (χ3n) is 4.15. The van der Waals surface area contributed by atoms with E-state index >= 15 is 0 Å². The van der Waals surface area contributed by atoms with Gasteiger partial charge in [0.1, 0.15) is 5.75 Å². The molecular weight excluding hydrogens is 457 g/mol. The van der Waals surface area contributed by atoms with Crippen LogP contribution in [0, 0.1) is 6.92 Å². The summed E-state index contributed by atoms with van der Waals surface area (Å²) >= 11 is 18.1. The van der Waals surface area contributed by atoms with Gasteiger partial charge in [-0.3, -0.25) is 10.2 Å². The number of halogens is 3. The van der Waals surface area contributed by atoms with Crippen molar-refractivity contribution in [2.45, 2.75) is 16.9 Å². The molecule has 1 atom stereocenters. The van der Waals surface area contributed by atoms with Crippen molar-refractivity contribution in [3.63, 3.8) is 0 Å². The van der Waals surface area contributed by atoms with Crippen LogP contribution in [0.25, 0.3) is 0 Å². The summed E-state index contributed by atoms with van der Waals surface area (Å²) in [5, 5.41) is 6.81. The number of ether oxygens (including phenoxy) is 1. The summed E-state index contributed by atoms with van der Waals surface area (Å²) < 4.78 is 3.87. The van der Waals surface area contributed by atoms with Crippen molar-refractivity contribution in [1.29, 1.82) is 0 Å². The first kappa shape index (κ1) is 22.9. The summed E-state index contributed by atoms with van der Waals surface area (Å²) in [7, 11) is 0. The Bertz CT molecular complexity index is 1040. The van der Waals surface area contributed by atoms with E-state index in [9.17, 15) is 4.79 Å². The van der Waals surface area contributed by atoms with Gasteiger partial charge in [0, 0.05) is 5.56 Å². The fourth-order valence-corrected chi connectivity index (χ4v) is 2.93. The lowest BCUT2D eigenvalue weighted by molar-refractivity contribution is 0.0833. The monoisotopic (exact) mass is 475 g/mol. The Balaban J connectivity index is 1.64. The van der Waals surface area contributed by atoms with Gasteiger partial charge in [0.05, 0.1) is 11.9 Å². The van der Waals surface area contributed by atoms with Crippen LogP contribution in [0.2, 0.25) is 0 Å². The Kier molecular flexibility index (Phi) is 7.80. The van der Waals surface area contributed by atoms with Crippen LogP contribution in [-0.4, -0.2) is 22.1 Å².